The van der Waals surface area contributed by atoms with Gasteiger partial charge in [0, 0.05) is 17.9 Å². The molecule has 0 saturated carbocycles. The molecule has 0 bridgehead atoms. The minimum absolute atomic E-state index is 0.367. The summed E-state index contributed by atoms with van der Waals surface area (Å²) in [5, 5.41) is 2.28. The number of carbonyl (C=O) groups excluding carboxylic acids is 3. The number of methoxy groups -OCH3 is 1. The Morgan fingerprint density at radius 3 is 2.64 bits per heavy atom. The lowest BCUT2D eigenvalue weighted by atomic mass is 9.93. The molecule has 2 saturated heterocycles. The molecule has 2 aromatic carbocycles. The molecule has 2 aromatic rings. The van der Waals surface area contributed by atoms with Gasteiger partial charge in [0.15, 0.2) is 0 Å². The van der Waals surface area contributed by atoms with Crippen LogP contribution in [-0.4, -0.2) is 59.1 Å². The normalized spacial score (nSPS) is 22.6. The standard InChI is InChI=1S/C24H26FN3O4S/c1-24(12-11-16-7-9-17(32-2)10-8-16)22(30)28(23(31)26-24)15-20(29)27-13-14-33-21(27)18-5-3-4-6-19(18)25/h3-10,21H,11-15H2,1-2H3,(H,26,31)/t21-,24+/m1/s1. The van der Waals surface area contributed by atoms with Gasteiger partial charge in [-0.2, -0.15) is 0 Å². The smallest absolute Gasteiger partial charge is 0.325 e. The molecule has 2 heterocycles. The molecule has 2 aliphatic rings. The number of rotatable bonds is 7. The van der Waals surface area contributed by atoms with Crippen LogP contribution in [0.2, 0.25) is 0 Å². The Morgan fingerprint density at radius 2 is 1.94 bits per heavy atom. The summed E-state index contributed by atoms with van der Waals surface area (Å²) in [6, 6.07) is 13.3. The molecule has 0 unspecified atom stereocenters. The van der Waals surface area contributed by atoms with Gasteiger partial charge >= 0.3 is 6.03 Å². The molecule has 9 heteroatoms. The summed E-state index contributed by atoms with van der Waals surface area (Å²) in [4.78, 5) is 41.2. The molecule has 2 atom stereocenters. The number of nitrogens with one attached hydrogen (secondary N) is 1. The molecule has 174 valence electrons. The van der Waals surface area contributed by atoms with Crippen LogP contribution < -0.4 is 10.1 Å². The average Bonchev–Trinajstić information content (AvgIpc) is 3.38. The SMILES string of the molecule is COc1ccc(CC[C@]2(C)NC(=O)N(CC(=O)N3CCS[C@@H]3c3ccccc3F)C2=O)cc1. The Kier molecular flexibility index (Phi) is 6.60. The van der Waals surface area contributed by atoms with Gasteiger partial charge in [0.05, 0.1) is 7.11 Å². The second kappa shape index (κ2) is 9.43. The number of halogens is 1. The van der Waals surface area contributed by atoms with Crippen molar-refractivity contribution in [3.05, 3.63) is 65.5 Å². The highest BCUT2D eigenvalue weighted by Gasteiger charge is 2.48. The maximum absolute atomic E-state index is 14.3. The second-order valence-electron chi connectivity index (χ2n) is 8.33. The largest absolute Gasteiger partial charge is 0.497 e. The summed E-state index contributed by atoms with van der Waals surface area (Å²) in [5.41, 5.74) is 0.340. The van der Waals surface area contributed by atoms with Crippen molar-refractivity contribution >= 4 is 29.6 Å². The fourth-order valence-corrected chi connectivity index (χ4v) is 5.43. The number of urea groups is 1. The van der Waals surface area contributed by atoms with E-state index < -0.39 is 22.9 Å². The van der Waals surface area contributed by atoms with Crippen LogP contribution >= 0.6 is 11.8 Å². The van der Waals surface area contributed by atoms with Crippen LogP contribution in [0.5, 0.6) is 5.75 Å². The lowest BCUT2D eigenvalue weighted by Crippen LogP contribution is -2.46. The van der Waals surface area contributed by atoms with Gasteiger partial charge in [-0.3, -0.25) is 14.5 Å². The van der Waals surface area contributed by atoms with Crippen LogP contribution in [0.25, 0.3) is 0 Å². The molecule has 2 aliphatic heterocycles. The molecule has 7 nitrogen and oxygen atoms in total. The van der Waals surface area contributed by atoms with E-state index in [1.54, 1.807) is 32.2 Å². The molecule has 0 aromatic heterocycles. The number of hydrogen-bond acceptors (Lipinski definition) is 5. The number of hydrogen-bond donors (Lipinski definition) is 1. The molecule has 0 radical (unpaired) electrons. The third kappa shape index (κ3) is 4.68. The molecule has 4 amide bonds. The Bertz CT molecular complexity index is 1060. The molecule has 2 fully saturated rings. The molecular weight excluding hydrogens is 445 g/mol. The van der Waals surface area contributed by atoms with E-state index >= 15 is 0 Å². The fraction of sp³-hybridized carbons (Fsp3) is 0.375. The first-order valence-corrected chi connectivity index (χ1v) is 11.8. The van der Waals surface area contributed by atoms with Gasteiger partial charge in [0.1, 0.15) is 29.0 Å². The Balaban J connectivity index is 1.41. The van der Waals surface area contributed by atoms with Gasteiger partial charge < -0.3 is 15.0 Å². The van der Waals surface area contributed by atoms with E-state index in [-0.39, 0.29) is 18.3 Å². The van der Waals surface area contributed by atoms with Gasteiger partial charge in [-0.1, -0.05) is 30.3 Å². The zero-order valence-electron chi connectivity index (χ0n) is 18.5. The zero-order valence-corrected chi connectivity index (χ0v) is 19.4. The van der Waals surface area contributed by atoms with E-state index in [1.165, 1.54) is 22.7 Å². The fourth-order valence-electron chi connectivity index (χ4n) is 4.13. The minimum Gasteiger partial charge on any atom is -0.497 e. The molecule has 1 N–H and O–H groups in total. The average molecular weight is 472 g/mol. The van der Waals surface area contributed by atoms with Crippen molar-refractivity contribution in [3.8, 4) is 5.75 Å². The monoisotopic (exact) mass is 471 g/mol. The summed E-state index contributed by atoms with van der Waals surface area (Å²) < 4.78 is 19.4. The molecule has 33 heavy (non-hydrogen) atoms. The van der Waals surface area contributed by atoms with Crippen molar-refractivity contribution in [1.82, 2.24) is 15.1 Å². The Morgan fingerprint density at radius 1 is 1.21 bits per heavy atom. The van der Waals surface area contributed by atoms with Crippen molar-refractivity contribution < 1.29 is 23.5 Å². The van der Waals surface area contributed by atoms with Crippen LogP contribution in [0.1, 0.15) is 29.8 Å². The predicted molar refractivity (Wildman–Crippen MR) is 123 cm³/mol. The summed E-state index contributed by atoms with van der Waals surface area (Å²) in [6.07, 6.45) is 0.971. The number of benzene rings is 2. The van der Waals surface area contributed by atoms with E-state index in [0.29, 0.717) is 30.7 Å². The van der Waals surface area contributed by atoms with Gasteiger partial charge in [-0.15, -0.1) is 11.8 Å². The summed E-state index contributed by atoms with van der Waals surface area (Å²) >= 11 is 1.47. The number of amides is 4. The Hall–Kier alpha value is -3.07. The number of carbonyl (C=O) groups is 3. The molecule has 4 rings (SSSR count). The van der Waals surface area contributed by atoms with Crippen LogP contribution in [-0.2, 0) is 16.0 Å². The second-order valence-corrected chi connectivity index (χ2v) is 9.52. The van der Waals surface area contributed by atoms with Crippen molar-refractivity contribution in [2.24, 2.45) is 0 Å². The van der Waals surface area contributed by atoms with E-state index in [0.717, 1.165) is 16.2 Å². The van der Waals surface area contributed by atoms with Crippen molar-refractivity contribution in [2.75, 3.05) is 26.0 Å². The highest BCUT2D eigenvalue weighted by atomic mass is 32.2. The maximum atomic E-state index is 14.3. The van der Waals surface area contributed by atoms with Gasteiger partial charge in [0.2, 0.25) is 5.91 Å². The first-order valence-electron chi connectivity index (χ1n) is 10.7. The van der Waals surface area contributed by atoms with Crippen LogP contribution in [0.15, 0.2) is 48.5 Å². The van der Waals surface area contributed by atoms with Crippen molar-refractivity contribution in [3.63, 3.8) is 0 Å². The van der Waals surface area contributed by atoms with Crippen molar-refractivity contribution in [2.45, 2.75) is 30.7 Å². The first kappa shape index (κ1) is 23.1. The number of nitrogens with zero attached hydrogens (tertiary/aromatic N) is 2. The quantitative estimate of drug-likeness (QED) is 0.627. The summed E-state index contributed by atoms with van der Waals surface area (Å²) in [6.45, 7) is 1.74. The van der Waals surface area contributed by atoms with Gasteiger partial charge in [-0.05, 0) is 43.5 Å². The van der Waals surface area contributed by atoms with E-state index in [1.807, 2.05) is 24.3 Å². The number of thioether (sulfide) groups is 1. The maximum Gasteiger partial charge on any atom is 0.325 e. The Labute approximate surface area is 196 Å². The van der Waals surface area contributed by atoms with Crippen LogP contribution in [0.3, 0.4) is 0 Å². The third-order valence-electron chi connectivity index (χ3n) is 6.09. The topological polar surface area (TPSA) is 79.0 Å². The number of imide groups is 1. The molecular formula is C24H26FN3O4S. The number of aryl methyl sites for hydroxylation is 1. The summed E-state index contributed by atoms with van der Waals surface area (Å²) in [7, 11) is 1.60. The predicted octanol–water partition coefficient (Wildman–Crippen LogP) is 3.35. The van der Waals surface area contributed by atoms with E-state index in [2.05, 4.69) is 5.32 Å². The van der Waals surface area contributed by atoms with Gasteiger partial charge in [0.25, 0.3) is 5.91 Å². The highest BCUT2D eigenvalue weighted by molar-refractivity contribution is 7.99. The van der Waals surface area contributed by atoms with E-state index in [4.69, 9.17) is 4.74 Å². The molecule has 0 aliphatic carbocycles. The van der Waals surface area contributed by atoms with Crippen LogP contribution in [0.4, 0.5) is 9.18 Å². The number of ether oxygens (including phenoxy) is 1. The summed E-state index contributed by atoms with van der Waals surface area (Å²) in [5.74, 6) is 0.217. The van der Waals surface area contributed by atoms with Gasteiger partial charge in [-0.25, -0.2) is 9.18 Å². The minimum atomic E-state index is -1.10. The van der Waals surface area contributed by atoms with E-state index in [9.17, 15) is 18.8 Å². The first-order chi connectivity index (χ1) is 15.8. The highest BCUT2D eigenvalue weighted by Crippen LogP contribution is 2.39. The third-order valence-corrected chi connectivity index (χ3v) is 7.34. The lowest BCUT2D eigenvalue weighted by Gasteiger charge is -2.26. The lowest BCUT2D eigenvalue weighted by molar-refractivity contribution is -0.139. The van der Waals surface area contributed by atoms with Crippen molar-refractivity contribution in [1.29, 1.82) is 0 Å². The molecule has 0 spiro atoms. The van der Waals surface area contributed by atoms with Crippen LogP contribution in [0, 0.1) is 5.82 Å². The zero-order chi connectivity index (χ0) is 23.6.